The summed E-state index contributed by atoms with van der Waals surface area (Å²) in [6.45, 7) is 4.04. The lowest BCUT2D eigenvalue weighted by atomic mass is 10.2. The number of hydrogen-bond acceptors (Lipinski definition) is 4. The number of halogens is 1. The first-order valence-electron chi connectivity index (χ1n) is 7.96. The number of benzene rings is 1. The Hall–Kier alpha value is -2.64. The topological polar surface area (TPSA) is 61.6 Å². The first-order valence-corrected chi connectivity index (χ1v) is 7.96. The zero-order chi connectivity index (χ0) is 16.9. The average molecular weight is 331 g/mol. The number of hydrogen-bond donors (Lipinski definition) is 1. The van der Waals surface area contributed by atoms with Crippen molar-refractivity contribution >= 4 is 11.6 Å². The molecule has 2 aromatic rings. The van der Waals surface area contributed by atoms with Crippen LogP contribution in [0.1, 0.15) is 5.82 Å². The van der Waals surface area contributed by atoms with Crippen LogP contribution in [0.15, 0.2) is 35.6 Å². The van der Waals surface area contributed by atoms with Crippen molar-refractivity contribution in [2.45, 2.75) is 6.54 Å². The van der Waals surface area contributed by atoms with Crippen LogP contribution in [0.25, 0.3) is 0 Å². The molecule has 1 aromatic carbocycles. The van der Waals surface area contributed by atoms with E-state index in [0.29, 0.717) is 6.54 Å². The van der Waals surface area contributed by atoms with Gasteiger partial charge < -0.3 is 15.1 Å². The summed E-state index contributed by atoms with van der Waals surface area (Å²) in [7, 11) is 3.65. The van der Waals surface area contributed by atoms with E-state index >= 15 is 0 Å². The van der Waals surface area contributed by atoms with Crippen molar-refractivity contribution in [3.8, 4) is 0 Å². The minimum absolute atomic E-state index is 0.203. The number of anilines is 1. The monoisotopic (exact) mass is 331 g/mol. The number of nitrogens with one attached hydrogen (secondary N) is 1. The molecule has 1 fully saturated rings. The molecule has 1 aromatic heterocycles. The molecule has 0 atom stereocenters. The number of nitrogens with zero attached hydrogens (tertiary/aromatic N) is 6. The summed E-state index contributed by atoms with van der Waals surface area (Å²) < 4.78 is 14.8. The van der Waals surface area contributed by atoms with Crippen LogP contribution in [0, 0.1) is 5.82 Å². The molecule has 3 rings (SSSR count). The molecule has 7 nitrogen and oxygen atoms in total. The van der Waals surface area contributed by atoms with Gasteiger partial charge in [0.1, 0.15) is 18.0 Å². The largest absolute Gasteiger partial charge is 0.368 e. The Morgan fingerprint density at radius 1 is 1.21 bits per heavy atom. The van der Waals surface area contributed by atoms with Crippen LogP contribution in [0.4, 0.5) is 10.1 Å². The third-order valence-corrected chi connectivity index (χ3v) is 4.19. The zero-order valence-electron chi connectivity index (χ0n) is 14.0. The molecule has 24 heavy (non-hydrogen) atoms. The Bertz CT molecular complexity index is 687. The molecule has 0 aliphatic carbocycles. The van der Waals surface area contributed by atoms with Crippen molar-refractivity contribution in [3.05, 3.63) is 42.2 Å². The second-order valence-corrected chi connectivity index (χ2v) is 5.65. The van der Waals surface area contributed by atoms with Crippen molar-refractivity contribution in [2.24, 2.45) is 12.0 Å². The van der Waals surface area contributed by atoms with E-state index in [1.807, 2.05) is 19.2 Å². The summed E-state index contributed by atoms with van der Waals surface area (Å²) in [6, 6.07) is 6.66. The Morgan fingerprint density at radius 2 is 1.92 bits per heavy atom. The van der Waals surface area contributed by atoms with Gasteiger partial charge in [-0.1, -0.05) is 0 Å². The fraction of sp³-hybridized carbons (Fsp3) is 0.438. The van der Waals surface area contributed by atoms with Crippen LogP contribution in [0.2, 0.25) is 0 Å². The Kier molecular flexibility index (Phi) is 4.93. The molecule has 0 bridgehead atoms. The van der Waals surface area contributed by atoms with E-state index in [0.717, 1.165) is 43.7 Å². The molecule has 0 saturated carbocycles. The van der Waals surface area contributed by atoms with E-state index < -0.39 is 0 Å². The maximum absolute atomic E-state index is 13.0. The van der Waals surface area contributed by atoms with E-state index in [1.54, 1.807) is 18.1 Å². The SMILES string of the molecule is CN=C(NCc1ncnn1C)N1CCN(c2ccc(F)cc2)CC1. The van der Waals surface area contributed by atoms with Gasteiger partial charge in [0.05, 0.1) is 6.54 Å². The molecule has 0 amide bonds. The summed E-state index contributed by atoms with van der Waals surface area (Å²) in [5.74, 6) is 1.52. The van der Waals surface area contributed by atoms with Gasteiger partial charge in [-0.15, -0.1) is 0 Å². The molecule has 0 unspecified atom stereocenters. The van der Waals surface area contributed by atoms with Crippen LogP contribution in [0.5, 0.6) is 0 Å². The molecule has 1 N–H and O–H groups in total. The minimum Gasteiger partial charge on any atom is -0.368 e. The lowest BCUT2D eigenvalue weighted by Gasteiger charge is -2.37. The van der Waals surface area contributed by atoms with Gasteiger partial charge in [-0.3, -0.25) is 9.67 Å². The summed E-state index contributed by atoms with van der Waals surface area (Å²) in [4.78, 5) is 13.0. The predicted octanol–water partition coefficient (Wildman–Crippen LogP) is 0.852. The number of aryl methyl sites for hydroxylation is 1. The normalized spacial score (nSPS) is 15.7. The highest BCUT2D eigenvalue weighted by Gasteiger charge is 2.20. The molecule has 1 saturated heterocycles. The van der Waals surface area contributed by atoms with Gasteiger partial charge in [0.25, 0.3) is 0 Å². The van der Waals surface area contributed by atoms with E-state index in [-0.39, 0.29) is 5.82 Å². The molecule has 128 valence electrons. The first-order chi connectivity index (χ1) is 11.7. The molecule has 8 heteroatoms. The number of piperazine rings is 1. The molecule has 1 aliphatic rings. The van der Waals surface area contributed by atoms with Crippen LogP contribution in [-0.2, 0) is 13.6 Å². The minimum atomic E-state index is -0.203. The van der Waals surface area contributed by atoms with E-state index in [1.165, 1.54) is 12.1 Å². The van der Waals surface area contributed by atoms with Crippen molar-refractivity contribution in [1.82, 2.24) is 25.0 Å². The highest BCUT2D eigenvalue weighted by atomic mass is 19.1. The molecular weight excluding hydrogens is 309 g/mol. The lowest BCUT2D eigenvalue weighted by molar-refractivity contribution is 0.371. The van der Waals surface area contributed by atoms with Crippen molar-refractivity contribution in [3.63, 3.8) is 0 Å². The molecule has 0 radical (unpaired) electrons. The van der Waals surface area contributed by atoms with Crippen molar-refractivity contribution in [1.29, 1.82) is 0 Å². The second-order valence-electron chi connectivity index (χ2n) is 5.65. The highest BCUT2D eigenvalue weighted by molar-refractivity contribution is 5.80. The summed E-state index contributed by atoms with van der Waals surface area (Å²) in [5, 5.41) is 7.39. The van der Waals surface area contributed by atoms with Crippen molar-refractivity contribution < 1.29 is 4.39 Å². The average Bonchev–Trinajstić information content (AvgIpc) is 3.02. The standard InChI is InChI=1S/C16H22FN7/c1-18-16(19-11-15-20-12-21-22(15)2)24-9-7-23(8-10-24)14-5-3-13(17)4-6-14/h3-6,12H,7-11H2,1-2H3,(H,18,19). The van der Waals surface area contributed by atoms with Gasteiger partial charge in [-0.05, 0) is 24.3 Å². The van der Waals surface area contributed by atoms with Gasteiger partial charge in [0.2, 0.25) is 0 Å². The summed E-state index contributed by atoms with van der Waals surface area (Å²) in [5.41, 5.74) is 1.05. The third-order valence-electron chi connectivity index (χ3n) is 4.19. The van der Waals surface area contributed by atoms with Crippen LogP contribution < -0.4 is 10.2 Å². The van der Waals surface area contributed by atoms with Gasteiger partial charge in [-0.2, -0.15) is 5.10 Å². The van der Waals surface area contributed by atoms with Crippen LogP contribution >= 0.6 is 0 Å². The maximum atomic E-state index is 13.0. The molecular formula is C16H22FN7. The number of guanidine groups is 1. The Morgan fingerprint density at radius 3 is 2.50 bits per heavy atom. The molecule has 1 aliphatic heterocycles. The predicted molar refractivity (Wildman–Crippen MR) is 91.4 cm³/mol. The molecule has 0 spiro atoms. The number of aromatic nitrogens is 3. The quantitative estimate of drug-likeness (QED) is 0.667. The van der Waals surface area contributed by atoms with E-state index in [2.05, 4.69) is 30.2 Å². The number of aliphatic imine (C=N–C) groups is 1. The molecule has 2 heterocycles. The van der Waals surface area contributed by atoms with E-state index in [9.17, 15) is 4.39 Å². The van der Waals surface area contributed by atoms with Crippen LogP contribution in [-0.4, -0.2) is 58.9 Å². The number of rotatable bonds is 3. The van der Waals surface area contributed by atoms with Crippen LogP contribution in [0.3, 0.4) is 0 Å². The fourth-order valence-corrected chi connectivity index (χ4v) is 2.80. The van der Waals surface area contributed by atoms with Gasteiger partial charge in [0, 0.05) is 46.0 Å². The van der Waals surface area contributed by atoms with Gasteiger partial charge in [-0.25, -0.2) is 9.37 Å². The van der Waals surface area contributed by atoms with Crippen molar-refractivity contribution in [2.75, 3.05) is 38.1 Å². The first kappa shape index (κ1) is 16.2. The lowest BCUT2D eigenvalue weighted by Crippen LogP contribution is -2.52. The Balaban J connectivity index is 1.54. The third kappa shape index (κ3) is 3.64. The summed E-state index contributed by atoms with van der Waals surface area (Å²) >= 11 is 0. The zero-order valence-corrected chi connectivity index (χ0v) is 14.0. The van der Waals surface area contributed by atoms with E-state index in [4.69, 9.17) is 0 Å². The highest BCUT2D eigenvalue weighted by Crippen LogP contribution is 2.16. The second kappa shape index (κ2) is 7.29. The summed E-state index contributed by atoms with van der Waals surface area (Å²) in [6.07, 6.45) is 1.54. The Labute approximate surface area is 140 Å². The smallest absolute Gasteiger partial charge is 0.194 e. The fourth-order valence-electron chi connectivity index (χ4n) is 2.80. The van der Waals surface area contributed by atoms with Gasteiger partial charge >= 0.3 is 0 Å². The maximum Gasteiger partial charge on any atom is 0.194 e. The van der Waals surface area contributed by atoms with Gasteiger partial charge in [0.15, 0.2) is 5.96 Å².